The molecule has 0 aliphatic heterocycles. The number of benzene rings is 2. The van der Waals surface area contributed by atoms with E-state index in [1.807, 2.05) is 24.3 Å². The molecule has 3 rings (SSSR count). The van der Waals surface area contributed by atoms with E-state index in [0.29, 0.717) is 18.4 Å². The van der Waals surface area contributed by atoms with Crippen LogP contribution in [0.4, 0.5) is 0 Å². The highest BCUT2D eigenvalue weighted by Gasteiger charge is 2.26. The Balaban J connectivity index is 1.75. The Morgan fingerprint density at radius 3 is 2.40 bits per heavy atom. The first-order chi connectivity index (χ1) is 12.0. The van der Waals surface area contributed by atoms with Crippen molar-refractivity contribution in [3.8, 4) is 0 Å². The fraction of sp³-hybridized carbons (Fsp3) is 0.167. The average Bonchev–Trinajstić information content (AvgIpc) is 3.01. The quantitative estimate of drug-likeness (QED) is 0.430. The van der Waals surface area contributed by atoms with E-state index in [2.05, 4.69) is 4.72 Å². The highest BCUT2D eigenvalue weighted by Crippen LogP contribution is 2.23. The summed E-state index contributed by atoms with van der Waals surface area (Å²) in [5.41, 5.74) is 4.36. The molecule has 0 saturated carbocycles. The summed E-state index contributed by atoms with van der Waals surface area (Å²) in [6.07, 6.45) is 3.89. The number of carbonyl (C=O) groups excluding carboxylic acids is 1. The Morgan fingerprint density at radius 2 is 1.76 bits per heavy atom. The molecule has 0 aromatic heterocycles. The predicted molar refractivity (Wildman–Crippen MR) is 93.4 cm³/mol. The van der Waals surface area contributed by atoms with Crippen LogP contribution in [-0.2, 0) is 27.7 Å². The van der Waals surface area contributed by atoms with Crippen LogP contribution in [0.5, 0.6) is 0 Å². The molecule has 7 heteroatoms. The fourth-order valence-electron chi connectivity index (χ4n) is 2.92. The van der Waals surface area contributed by atoms with E-state index >= 15 is 0 Å². The van der Waals surface area contributed by atoms with Crippen LogP contribution in [-0.4, -0.2) is 25.6 Å². The summed E-state index contributed by atoms with van der Waals surface area (Å²) >= 11 is 0. The molecule has 0 unspecified atom stereocenters. The van der Waals surface area contributed by atoms with Crippen LogP contribution in [0.1, 0.15) is 16.7 Å². The number of fused-ring (bicyclic) bond motifs is 1. The van der Waals surface area contributed by atoms with Gasteiger partial charge in [-0.1, -0.05) is 36.4 Å². The van der Waals surface area contributed by atoms with Crippen molar-refractivity contribution in [3.63, 3.8) is 0 Å². The minimum atomic E-state index is -3.66. The molecule has 1 aliphatic rings. The van der Waals surface area contributed by atoms with Gasteiger partial charge in [0.1, 0.15) is 0 Å². The number of carbonyl (C=O) groups is 1. The Hall–Kier alpha value is -2.48. The zero-order chi connectivity index (χ0) is 17.9. The molecule has 0 fully saturated rings. The van der Waals surface area contributed by atoms with Crippen molar-refractivity contribution >= 4 is 22.0 Å². The number of sulfonamides is 1. The molecular weight excluding hydrogens is 340 g/mol. The molecule has 0 atom stereocenters. The van der Waals surface area contributed by atoms with Crippen molar-refractivity contribution in [1.29, 1.82) is 0 Å². The summed E-state index contributed by atoms with van der Waals surface area (Å²) in [7, 11) is -3.66. The van der Waals surface area contributed by atoms with Crippen molar-refractivity contribution in [1.82, 2.24) is 10.2 Å². The SMILES string of the molecule is O=C(C=Cc1cccc(S(=O)(=O)NC2Cc3ccccc3C2)c1)NO. The van der Waals surface area contributed by atoms with Crippen LogP contribution in [0.15, 0.2) is 59.5 Å². The third-order valence-electron chi connectivity index (χ3n) is 4.08. The summed E-state index contributed by atoms with van der Waals surface area (Å²) in [5, 5.41) is 8.47. The highest BCUT2D eigenvalue weighted by atomic mass is 32.2. The maximum atomic E-state index is 12.6. The van der Waals surface area contributed by atoms with Crippen molar-refractivity contribution < 1.29 is 18.4 Å². The number of amides is 1. The third kappa shape index (κ3) is 4.14. The number of hydroxylamine groups is 1. The van der Waals surface area contributed by atoms with Crippen molar-refractivity contribution in [2.75, 3.05) is 0 Å². The van der Waals surface area contributed by atoms with E-state index in [-0.39, 0.29) is 10.9 Å². The summed E-state index contributed by atoms with van der Waals surface area (Å²) in [6, 6.07) is 14.0. The number of hydrogen-bond acceptors (Lipinski definition) is 4. The maximum Gasteiger partial charge on any atom is 0.267 e. The zero-order valence-electron chi connectivity index (χ0n) is 13.3. The highest BCUT2D eigenvalue weighted by molar-refractivity contribution is 7.89. The number of nitrogens with one attached hydrogen (secondary N) is 2. The van der Waals surface area contributed by atoms with Gasteiger partial charge in [0, 0.05) is 12.1 Å². The molecule has 0 heterocycles. The Kier molecular flexibility index (Phi) is 4.98. The second kappa shape index (κ2) is 7.18. The lowest BCUT2D eigenvalue weighted by molar-refractivity contribution is -0.124. The molecule has 0 saturated heterocycles. The first-order valence-corrected chi connectivity index (χ1v) is 9.27. The summed E-state index contributed by atoms with van der Waals surface area (Å²) in [6.45, 7) is 0. The minimum Gasteiger partial charge on any atom is -0.288 e. The van der Waals surface area contributed by atoms with Gasteiger partial charge < -0.3 is 0 Å². The number of hydrogen-bond donors (Lipinski definition) is 3. The van der Waals surface area contributed by atoms with E-state index in [1.54, 1.807) is 12.1 Å². The van der Waals surface area contributed by atoms with Crippen LogP contribution in [0.25, 0.3) is 6.08 Å². The number of rotatable bonds is 5. The molecule has 2 aromatic carbocycles. The molecule has 0 spiro atoms. The molecule has 0 radical (unpaired) electrons. The summed E-state index contributed by atoms with van der Waals surface area (Å²) in [5.74, 6) is -0.685. The van der Waals surface area contributed by atoms with E-state index in [9.17, 15) is 13.2 Å². The second-order valence-corrected chi connectivity index (χ2v) is 7.59. The molecule has 3 N–H and O–H groups in total. The van der Waals surface area contributed by atoms with Crippen LogP contribution in [0.2, 0.25) is 0 Å². The normalized spacial score (nSPS) is 14.6. The van der Waals surface area contributed by atoms with Gasteiger partial charge in [0.25, 0.3) is 5.91 Å². The zero-order valence-corrected chi connectivity index (χ0v) is 14.2. The van der Waals surface area contributed by atoms with Crippen LogP contribution in [0, 0.1) is 0 Å². The van der Waals surface area contributed by atoms with Crippen LogP contribution in [0.3, 0.4) is 0 Å². The molecule has 0 bridgehead atoms. The van der Waals surface area contributed by atoms with Gasteiger partial charge >= 0.3 is 0 Å². The topological polar surface area (TPSA) is 95.5 Å². The lowest BCUT2D eigenvalue weighted by Crippen LogP contribution is -2.35. The lowest BCUT2D eigenvalue weighted by Gasteiger charge is -2.13. The van der Waals surface area contributed by atoms with Crippen molar-refractivity contribution in [3.05, 3.63) is 71.3 Å². The Morgan fingerprint density at radius 1 is 1.08 bits per heavy atom. The lowest BCUT2D eigenvalue weighted by atomic mass is 10.1. The molecule has 1 amide bonds. The molecular formula is C18H18N2O4S. The van der Waals surface area contributed by atoms with E-state index in [0.717, 1.165) is 6.08 Å². The van der Waals surface area contributed by atoms with Crippen molar-refractivity contribution in [2.45, 2.75) is 23.8 Å². The van der Waals surface area contributed by atoms with Gasteiger partial charge in [-0.3, -0.25) is 10.0 Å². The van der Waals surface area contributed by atoms with Gasteiger partial charge in [0.15, 0.2) is 0 Å². The van der Waals surface area contributed by atoms with E-state index in [4.69, 9.17) is 5.21 Å². The van der Waals surface area contributed by atoms with Crippen LogP contribution >= 0.6 is 0 Å². The molecule has 6 nitrogen and oxygen atoms in total. The van der Waals surface area contributed by atoms with E-state index < -0.39 is 15.9 Å². The molecule has 1 aliphatic carbocycles. The molecule has 25 heavy (non-hydrogen) atoms. The fourth-order valence-corrected chi connectivity index (χ4v) is 4.21. The second-order valence-electron chi connectivity index (χ2n) is 5.88. The maximum absolute atomic E-state index is 12.6. The van der Waals surface area contributed by atoms with E-state index in [1.165, 1.54) is 34.8 Å². The first kappa shape index (κ1) is 17.3. The van der Waals surface area contributed by atoms with Gasteiger partial charge in [0.2, 0.25) is 10.0 Å². The van der Waals surface area contributed by atoms with Crippen LogP contribution < -0.4 is 10.2 Å². The van der Waals surface area contributed by atoms with Gasteiger partial charge in [-0.15, -0.1) is 0 Å². The molecule has 130 valence electrons. The Bertz CT molecular complexity index is 897. The predicted octanol–water partition coefficient (Wildman–Crippen LogP) is 1.65. The molecule has 2 aromatic rings. The van der Waals surface area contributed by atoms with Gasteiger partial charge in [-0.25, -0.2) is 18.6 Å². The Labute approximate surface area is 146 Å². The summed E-state index contributed by atoms with van der Waals surface area (Å²) < 4.78 is 28.0. The monoisotopic (exact) mass is 358 g/mol. The largest absolute Gasteiger partial charge is 0.288 e. The smallest absolute Gasteiger partial charge is 0.267 e. The minimum absolute atomic E-state index is 0.134. The van der Waals surface area contributed by atoms with Crippen molar-refractivity contribution in [2.24, 2.45) is 0 Å². The average molecular weight is 358 g/mol. The van der Waals surface area contributed by atoms with Gasteiger partial charge in [0.05, 0.1) is 4.90 Å². The third-order valence-corrected chi connectivity index (χ3v) is 5.60. The standard InChI is InChI=1S/C18H18N2O4S/c21-18(19-22)9-8-13-4-3-7-17(10-13)25(23,24)20-16-11-14-5-1-2-6-15(14)12-16/h1-10,16,20,22H,11-12H2,(H,19,21). The van der Waals surface area contributed by atoms with Gasteiger partial charge in [-0.2, -0.15) is 0 Å². The first-order valence-electron chi connectivity index (χ1n) is 7.79. The summed E-state index contributed by atoms with van der Waals surface area (Å²) in [4.78, 5) is 11.2. The van der Waals surface area contributed by atoms with Gasteiger partial charge in [-0.05, 0) is 47.7 Å².